The van der Waals surface area contributed by atoms with Crippen molar-refractivity contribution in [1.29, 1.82) is 0 Å². The number of furan rings is 1. The van der Waals surface area contributed by atoms with Gasteiger partial charge in [-0.25, -0.2) is 0 Å². The Morgan fingerprint density at radius 2 is 2.17 bits per heavy atom. The molecule has 0 unspecified atom stereocenters. The van der Waals surface area contributed by atoms with Crippen molar-refractivity contribution >= 4 is 0 Å². The number of hydrogen-bond acceptors (Lipinski definition) is 2. The minimum Gasteiger partial charge on any atom is -0.468 e. The molecule has 0 aromatic carbocycles. The van der Waals surface area contributed by atoms with Crippen LogP contribution in [0.1, 0.15) is 37.5 Å². The summed E-state index contributed by atoms with van der Waals surface area (Å²) < 4.78 is 5.28. The summed E-state index contributed by atoms with van der Waals surface area (Å²) in [6.07, 6.45) is 6.89. The predicted octanol–water partition coefficient (Wildman–Crippen LogP) is 2.47. The SMILES string of the molecule is N[C@@H](c1ccco1)C1CCCC1. The summed E-state index contributed by atoms with van der Waals surface area (Å²) >= 11 is 0. The first-order valence-electron chi connectivity index (χ1n) is 4.67. The number of nitrogens with two attached hydrogens (primary N) is 1. The first-order chi connectivity index (χ1) is 5.88. The minimum atomic E-state index is 0.127. The summed E-state index contributed by atoms with van der Waals surface area (Å²) in [4.78, 5) is 0. The average Bonchev–Trinajstić information content (AvgIpc) is 2.77. The van der Waals surface area contributed by atoms with Crippen molar-refractivity contribution in [1.82, 2.24) is 0 Å². The van der Waals surface area contributed by atoms with Gasteiger partial charge < -0.3 is 10.2 Å². The van der Waals surface area contributed by atoms with Crippen LogP contribution in [0.15, 0.2) is 22.8 Å². The Hall–Kier alpha value is -0.760. The lowest BCUT2D eigenvalue weighted by Gasteiger charge is -2.15. The van der Waals surface area contributed by atoms with E-state index in [1.807, 2.05) is 12.1 Å². The Morgan fingerprint density at radius 3 is 2.75 bits per heavy atom. The molecule has 1 aliphatic rings. The molecule has 1 saturated carbocycles. The van der Waals surface area contributed by atoms with E-state index in [0.717, 1.165) is 5.76 Å². The Kier molecular flexibility index (Phi) is 2.17. The molecule has 0 spiro atoms. The van der Waals surface area contributed by atoms with Crippen LogP contribution in [0.2, 0.25) is 0 Å². The molecule has 66 valence electrons. The van der Waals surface area contributed by atoms with Gasteiger partial charge in [0.15, 0.2) is 0 Å². The summed E-state index contributed by atoms with van der Waals surface area (Å²) in [5.41, 5.74) is 6.05. The number of rotatable bonds is 2. The zero-order valence-corrected chi connectivity index (χ0v) is 7.20. The third-order valence-electron chi connectivity index (χ3n) is 2.78. The molecule has 2 N–H and O–H groups in total. The number of hydrogen-bond donors (Lipinski definition) is 1. The van der Waals surface area contributed by atoms with Crippen molar-refractivity contribution < 1.29 is 4.42 Å². The largest absolute Gasteiger partial charge is 0.468 e. The Balaban J connectivity index is 2.04. The average molecular weight is 165 g/mol. The van der Waals surface area contributed by atoms with Gasteiger partial charge in [-0.2, -0.15) is 0 Å². The van der Waals surface area contributed by atoms with Crippen LogP contribution in [0.25, 0.3) is 0 Å². The van der Waals surface area contributed by atoms with E-state index in [-0.39, 0.29) is 6.04 Å². The first-order valence-corrected chi connectivity index (χ1v) is 4.67. The van der Waals surface area contributed by atoms with E-state index in [0.29, 0.717) is 5.92 Å². The van der Waals surface area contributed by atoms with Crippen molar-refractivity contribution in [2.24, 2.45) is 11.7 Å². The fourth-order valence-electron chi connectivity index (χ4n) is 2.03. The Morgan fingerprint density at radius 1 is 1.42 bits per heavy atom. The molecule has 0 radical (unpaired) electrons. The van der Waals surface area contributed by atoms with E-state index in [9.17, 15) is 0 Å². The van der Waals surface area contributed by atoms with Crippen molar-refractivity contribution in [3.8, 4) is 0 Å². The molecule has 1 aromatic heterocycles. The van der Waals surface area contributed by atoms with Gasteiger partial charge in [0.2, 0.25) is 0 Å². The highest BCUT2D eigenvalue weighted by Crippen LogP contribution is 2.33. The van der Waals surface area contributed by atoms with Gasteiger partial charge in [-0.15, -0.1) is 0 Å². The Labute approximate surface area is 72.7 Å². The van der Waals surface area contributed by atoms with E-state index in [1.165, 1.54) is 25.7 Å². The van der Waals surface area contributed by atoms with Gasteiger partial charge >= 0.3 is 0 Å². The molecular weight excluding hydrogens is 150 g/mol. The molecule has 2 rings (SSSR count). The first kappa shape index (κ1) is 7.87. The highest BCUT2D eigenvalue weighted by atomic mass is 16.3. The van der Waals surface area contributed by atoms with Crippen LogP contribution in [-0.4, -0.2) is 0 Å². The van der Waals surface area contributed by atoms with Crippen LogP contribution in [0.3, 0.4) is 0 Å². The molecule has 0 amide bonds. The van der Waals surface area contributed by atoms with Crippen molar-refractivity contribution in [3.63, 3.8) is 0 Å². The molecule has 1 aliphatic carbocycles. The van der Waals surface area contributed by atoms with Gasteiger partial charge in [-0.05, 0) is 30.9 Å². The lowest BCUT2D eigenvalue weighted by Crippen LogP contribution is -2.18. The van der Waals surface area contributed by atoms with E-state index in [2.05, 4.69) is 0 Å². The highest BCUT2D eigenvalue weighted by molar-refractivity contribution is 5.05. The second-order valence-electron chi connectivity index (χ2n) is 3.59. The standard InChI is InChI=1S/C10H15NO/c11-10(8-4-1-2-5-8)9-6-3-7-12-9/h3,6-8,10H,1-2,4-5,11H2/t10-/m1/s1. The second kappa shape index (κ2) is 3.31. The van der Waals surface area contributed by atoms with Crippen LogP contribution >= 0.6 is 0 Å². The monoisotopic (exact) mass is 165 g/mol. The molecule has 1 atom stereocenters. The van der Waals surface area contributed by atoms with E-state index < -0.39 is 0 Å². The minimum absolute atomic E-state index is 0.127. The summed E-state index contributed by atoms with van der Waals surface area (Å²) in [6.45, 7) is 0. The summed E-state index contributed by atoms with van der Waals surface area (Å²) in [6, 6.07) is 4.01. The summed E-state index contributed by atoms with van der Waals surface area (Å²) in [7, 11) is 0. The fourth-order valence-corrected chi connectivity index (χ4v) is 2.03. The Bertz CT molecular complexity index is 224. The van der Waals surface area contributed by atoms with Crippen molar-refractivity contribution in [3.05, 3.63) is 24.2 Å². The van der Waals surface area contributed by atoms with Crippen LogP contribution in [0.5, 0.6) is 0 Å². The van der Waals surface area contributed by atoms with Gasteiger partial charge in [0.1, 0.15) is 5.76 Å². The smallest absolute Gasteiger partial charge is 0.120 e. The molecule has 12 heavy (non-hydrogen) atoms. The maximum absolute atomic E-state index is 6.05. The van der Waals surface area contributed by atoms with Gasteiger partial charge in [0, 0.05) is 0 Å². The molecule has 2 heteroatoms. The summed E-state index contributed by atoms with van der Waals surface area (Å²) in [5.74, 6) is 1.60. The molecule has 0 bridgehead atoms. The van der Waals surface area contributed by atoms with Gasteiger partial charge in [-0.3, -0.25) is 0 Å². The highest BCUT2D eigenvalue weighted by Gasteiger charge is 2.24. The van der Waals surface area contributed by atoms with Crippen LogP contribution in [-0.2, 0) is 0 Å². The van der Waals surface area contributed by atoms with Crippen molar-refractivity contribution in [2.45, 2.75) is 31.7 Å². The van der Waals surface area contributed by atoms with Gasteiger partial charge in [-0.1, -0.05) is 12.8 Å². The van der Waals surface area contributed by atoms with Crippen LogP contribution in [0.4, 0.5) is 0 Å². The van der Waals surface area contributed by atoms with E-state index >= 15 is 0 Å². The maximum atomic E-state index is 6.05. The third kappa shape index (κ3) is 1.39. The molecule has 2 nitrogen and oxygen atoms in total. The molecule has 0 saturated heterocycles. The molecule has 0 aliphatic heterocycles. The van der Waals surface area contributed by atoms with Gasteiger partial charge in [0.05, 0.1) is 12.3 Å². The normalized spacial score (nSPS) is 21.4. The predicted molar refractivity (Wildman–Crippen MR) is 47.6 cm³/mol. The van der Waals surface area contributed by atoms with Crippen molar-refractivity contribution in [2.75, 3.05) is 0 Å². The van der Waals surface area contributed by atoms with Crippen LogP contribution in [0, 0.1) is 5.92 Å². The maximum Gasteiger partial charge on any atom is 0.120 e. The quantitative estimate of drug-likeness (QED) is 0.731. The fraction of sp³-hybridized carbons (Fsp3) is 0.600. The van der Waals surface area contributed by atoms with E-state index in [1.54, 1.807) is 6.26 Å². The molecular formula is C10H15NO. The zero-order valence-electron chi connectivity index (χ0n) is 7.20. The lowest BCUT2D eigenvalue weighted by atomic mass is 9.97. The van der Waals surface area contributed by atoms with E-state index in [4.69, 9.17) is 10.2 Å². The second-order valence-corrected chi connectivity index (χ2v) is 3.59. The third-order valence-corrected chi connectivity index (χ3v) is 2.78. The molecule has 1 heterocycles. The lowest BCUT2D eigenvalue weighted by molar-refractivity contribution is 0.369. The summed E-state index contributed by atoms with van der Waals surface area (Å²) in [5, 5.41) is 0. The zero-order chi connectivity index (χ0) is 8.39. The van der Waals surface area contributed by atoms with Crippen LogP contribution < -0.4 is 5.73 Å². The molecule has 1 aromatic rings. The van der Waals surface area contributed by atoms with Gasteiger partial charge in [0.25, 0.3) is 0 Å². The molecule has 1 fully saturated rings. The topological polar surface area (TPSA) is 39.2 Å².